The molecule has 0 aliphatic heterocycles. The number of thiol groups is 1. The van der Waals surface area contributed by atoms with Crippen molar-refractivity contribution in [3.05, 3.63) is 29.8 Å². The first-order valence-corrected chi connectivity index (χ1v) is 3.77. The van der Waals surface area contributed by atoms with E-state index < -0.39 is 0 Å². The third-order valence-electron chi connectivity index (χ3n) is 1.29. The van der Waals surface area contributed by atoms with Crippen LogP contribution in [-0.4, -0.2) is 6.08 Å². The Morgan fingerprint density at radius 1 is 1.36 bits per heavy atom. The third-order valence-corrected chi connectivity index (χ3v) is 1.66. The topological polar surface area (TPSA) is 29.4 Å². The van der Waals surface area contributed by atoms with Gasteiger partial charge >= 0.3 is 0 Å². The molecule has 0 saturated carbocycles. The first kappa shape index (κ1) is 8.05. The summed E-state index contributed by atoms with van der Waals surface area (Å²) in [6.45, 7) is 0. The average molecular weight is 165 g/mol. The Labute approximate surface area is 70.4 Å². The highest BCUT2D eigenvalue weighted by atomic mass is 32.1. The highest BCUT2D eigenvalue weighted by molar-refractivity contribution is 7.79. The fourth-order valence-corrected chi connectivity index (χ4v) is 0.939. The van der Waals surface area contributed by atoms with Gasteiger partial charge in [-0.05, 0) is 17.7 Å². The van der Waals surface area contributed by atoms with Crippen molar-refractivity contribution < 1.29 is 4.79 Å². The molecule has 0 fully saturated rings. The summed E-state index contributed by atoms with van der Waals surface area (Å²) in [5.74, 6) is 0.699. The van der Waals surface area contributed by atoms with Crippen LogP contribution in [0.2, 0.25) is 0 Å². The van der Waals surface area contributed by atoms with Crippen LogP contribution in [0.3, 0.4) is 0 Å². The Morgan fingerprint density at radius 2 is 2.00 bits per heavy atom. The minimum Gasteiger partial charge on any atom is -0.211 e. The summed E-state index contributed by atoms with van der Waals surface area (Å²) in [5.41, 5.74) is 1.74. The van der Waals surface area contributed by atoms with Gasteiger partial charge in [0.15, 0.2) is 0 Å². The molecule has 11 heavy (non-hydrogen) atoms. The van der Waals surface area contributed by atoms with E-state index in [2.05, 4.69) is 17.6 Å². The quantitative estimate of drug-likeness (QED) is 0.406. The monoisotopic (exact) mass is 165 g/mol. The van der Waals surface area contributed by atoms with Crippen LogP contribution in [0.25, 0.3) is 0 Å². The normalized spacial score (nSPS) is 8.82. The van der Waals surface area contributed by atoms with Gasteiger partial charge < -0.3 is 0 Å². The molecule has 0 heterocycles. The van der Waals surface area contributed by atoms with Gasteiger partial charge in [0.25, 0.3) is 0 Å². The van der Waals surface area contributed by atoms with E-state index in [4.69, 9.17) is 0 Å². The summed E-state index contributed by atoms with van der Waals surface area (Å²) in [6, 6.07) is 7.28. The molecule has 0 radical (unpaired) electrons. The maximum atomic E-state index is 9.82. The van der Waals surface area contributed by atoms with Crippen LogP contribution in [-0.2, 0) is 10.5 Å². The summed E-state index contributed by atoms with van der Waals surface area (Å²) in [7, 11) is 0. The second-order valence-electron chi connectivity index (χ2n) is 2.03. The standard InChI is InChI=1S/C8H7NOS/c10-6-9-8-3-1-7(5-11)2-4-8/h1-4,11H,5H2. The van der Waals surface area contributed by atoms with Crippen LogP contribution >= 0.6 is 12.6 Å². The fraction of sp³-hybridized carbons (Fsp3) is 0.125. The van der Waals surface area contributed by atoms with Crippen LogP contribution in [0, 0.1) is 0 Å². The zero-order valence-electron chi connectivity index (χ0n) is 5.82. The van der Waals surface area contributed by atoms with Crippen molar-refractivity contribution in [1.82, 2.24) is 0 Å². The number of carbonyl (C=O) groups excluding carboxylic acids is 1. The molecule has 3 heteroatoms. The van der Waals surface area contributed by atoms with Gasteiger partial charge in [0.1, 0.15) is 0 Å². The van der Waals surface area contributed by atoms with E-state index >= 15 is 0 Å². The van der Waals surface area contributed by atoms with E-state index in [1.807, 2.05) is 12.1 Å². The predicted molar refractivity (Wildman–Crippen MR) is 46.9 cm³/mol. The van der Waals surface area contributed by atoms with E-state index in [0.29, 0.717) is 11.4 Å². The van der Waals surface area contributed by atoms with Crippen LogP contribution in [0.4, 0.5) is 5.69 Å². The molecule has 0 atom stereocenters. The molecule has 0 amide bonds. The second-order valence-corrected chi connectivity index (χ2v) is 2.34. The molecule has 0 unspecified atom stereocenters. The third kappa shape index (κ3) is 2.22. The van der Waals surface area contributed by atoms with Crippen molar-refractivity contribution in [2.24, 2.45) is 4.99 Å². The number of benzene rings is 1. The Morgan fingerprint density at radius 3 is 2.45 bits per heavy atom. The maximum Gasteiger partial charge on any atom is 0.240 e. The molecule has 2 nitrogen and oxygen atoms in total. The largest absolute Gasteiger partial charge is 0.240 e. The van der Waals surface area contributed by atoms with Gasteiger partial charge in [-0.2, -0.15) is 17.6 Å². The summed E-state index contributed by atoms with van der Waals surface area (Å²) < 4.78 is 0. The van der Waals surface area contributed by atoms with Gasteiger partial charge in [0, 0.05) is 5.75 Å². The van der Waals surface area contributed by atoms with Gasteiger partial charge in [-0.15, -0.1) is 0 Å². The van der Waals surface area contributed by atoms with Crippen molar-refractivity contribution in [1.29, 1.82) is 0 Å². The molecular weight excluding hydrogens is 158 g/mol. The number of hydrogen-bond donors (Lipinski definition) is 1. The smallest absolute Gasteiger partial charge is 0.211 e. The van der Waals surface area contributed by atoms with Crippen molar-refractivity contribution in [2.75, 3.05) is 0 Å². The van der Waals surface area contributed by atoms with Crippen molar-refractivity contribution in [2.45, 2.75) is 5.75 Å². The molecule has 1 aromatic rings. The Hall–Kier alpha value is -1.05. The summed E-state index contributed by atoms with van der Waals surface area (Å²) in [5, 5.41) is 0. The van der Waals surface area contributed by atoms with Gasteiger partial charge in [-0.3, -0.25) is 0 Å². The number of nitrogens with zero attached hydrogens (tertiary/aromatic N) is 1. The minimum absolute atomic E-state index is 0.630. The molecule has 56 valence electrons. The predicted octanol–water partition coefficient (Wildman–Crippen LogP) is 2.08. The molecule has 0 bridgehead atoms. The lowest BCUT2D eigenvalue weighted by atomic mass is 10.2. The Bertz CT molecular complexity index is 275. The van der Waals surface area contributed by atoms with Crippen LogP contribution in [0.15, 0.2) is 29.3 Å². The average Bonchev–Trinajstić information content (AvgIpc) is 2.07. The fourth-order valence-electron chi connectivity index (χ4n) is 0.729. The van der Waals surface area contributed by atoms with E-state index in [1.54, 1.807) is 12.1 Å². The summed E-state index contributed by atoms with van der Waals surface area (Å²) in [6.07, 6.45) is 1.48. The van der Waals surface area contributed by atoms with E-state index in [9.17, 15) is 4.79 Å². The van der Waals surface area contributed by atoms with Crippen LogP contribution in [0.1, 0.15) is 5.56 Å². The molecule has 0 N–H and O–H groups in total. The second kappa shape index (κ2) is 3.96. The van der Waals surface area contributed by atoms with Crippen molar-refractivity contribution in [3.8, 4) is 0 Å². The maximum absolute atomic E-state index is 9.82. The van der Waals surface area contributed by atoms with E-state index in [0.717, 1.165) is 5.56 Å². The lowest BCUT2D eigenvalue weighted by Crippen LogP contribution is -1.73. The zero-order valence-corrected chi connectivity index (χ0v) is 6.71. The molecular formula is C8H7NOS. The first-order chi connectivity index (χ1) is 5.36. The lowest BCUT2D eigenvalue weighted by Gasteiger charge is -1.93. The molecule has 0 spiro atoms. The van der Waals surface area contributed by atoms with Crippen LogP contribution in [0.5, 0.6) is 0 Å². The number of isocyanates is 1. The lowest BCUT2D eigenvalue weighted by molar-refractivity contribution is 0.565. The van der Waals surface area contributed by atoms with E-state index in [1.165, 1.54) is 6.08 Å². The van der Waals surface area contributed by atoms with Crippen LogP contribution < -0.4 is 0 Å². The number of rotatable bonds is 2. The minimum atomic E-state index is 0.630. The highest BCUT2D eigenvalue weighted by Crippen LogP contribution is 2.12. The van der Waals surface area contributed by atoms with Gasteiger partial charge in [0.2, 0.25) is 6.08 Å². The Balaban J connectivity index is 2.91. The molecule has 1 aromatic carbocycles. The SMILES string of the molecule is O=C=Nc1ccc(CS)cc1. The molecule has 0 saturated heterocycles. The van der Waals surface area contributed by atoms with Gasteiger partial charge in [-0.1, -0.05) is 12.1 Å². The molecule has 0 aromatic heterocycles. The van der Waals surface area contributed by atoms with Gasteiger partial charge in [0.05, 0.1) is 5.69 Å². The summed E-state index contributed by atoms with van der Waals surface area (Å²) in [4.78, 5) is 13.3. The van der Waals surface area contributed by atoms with E-state index in [-0.39, 0.29) is 0 Å². The molecule has 1 rings (SSSR count). The molecule has 0 aliphatic rings. The zero-order chi connectivity index (χ0) is 8.10. The number of hydrogen-bond acceptors (Lipinski definition) is 3. The Kier molecular flexibility index (Phi) is 2.90. The number of aliphatic imine (C=N–C) groups is 1. The van der Waals surface area contributed by atoms with Crippen molar-refractivity contribution >= 4 is 24.4 Å². The molecule has 0 aliphatic carbocycles. The highest BCUT2D eigenvalue weighted by Gasteiger charge is 1.89. The first-order valence-electron chi connectivity index (χ1n) is 3.14. The summed E-state index contributed by atoms with van der Waals surface area (Å²) >= 11 is 4.09. The van der Waals surface area contributed by atoms with Crippen molar-refractivity contribution in [3.63, 3.8) is 0 Å². The van der Waals surface area contributed by atoms with Gasteiger partial charge in [-0.25, -0.2) is 4.79 Å².